The van der Waals surface area contributed by atoms with E-state index >= 15 is 0 Å². The van der Waals surface area contributed by atoms with Gasteiger partial charge in [-0.15, -0.1) is 0 Å². The molecule has 10 nitrogen and oxygen atoms in total. The molecule has 6 rings (SSSR count). The molecule has 0 radical (unpaired) electrons. The molecule has 2 saturated heterocycles. The standard InChI is InChI=1S/C23H27N9O/c1-3-17(28-23-25-9-10-26-23)4-2-16(1)20-29-21(31-11-13-33-14-12-31)19-15-27-32(22(19)30-20)18-5-7-24-8-6-18/h1-4,9-10,15,18,24H,5-8,11-14H2,(H2,25,26,28). The average molecular weight is 446 g/mol. The number of hydrogen-bond acceptors (Lipinski definition) is 8. The van der Waals surface area contributed by atoms with Crippen LogP contribution in [0.15, 0.2) is 42.9 Å². The topological polar surface area (TPSA) is 109 Å². The van der Waals surface area contributed by atoms with Gasteiger partial charge in [0, 0.05) is 36.7 Å². The third-order valence-corrected chi connectivity index (χ3v) is 6.30. The fraction of sp³-hybridized carbons (Fsp3) is 0.391. The first-order chi connectivity index (χ1) is 16.3. The maximum Gasteiger partial charge on any atom is 0.204 e. The number of aromatic amines is 1. The number of anilines is 3. The SMILES string of the molecule is c1c[nH]c(Nc2ccc(-c3nc(N4CCOCC4)c4cnn(C5CCNCC5)c4n3)cc2)n1. The van der Waals surface area contributed by atoms with Gasteiger partial charge in [0.05, 0.1) is 30.8 Å². The molecule has 0 saturated carbocycles. The Morgan fingerprint density at radius 3 is 2.61 bits per heavy atom. The largest absolute Gasteiger partial charge is 0.378 e. The van der Waals surface area contributed by atoms with Crippen molar-refractivity contribution >= 4 is 28.5 Å². The van der Waals surface area contributed by atoms with Gasteiger partial charge in [-0.3, -0.25) is 0 Å². The van der Waals surface area contributed by atoms with E-state index in [2.05, 4.69) is 30.2 Å². The highest BCUT2D eigenvalue weighted by atomic mass is 16.5. The van der Waals surface area contributed by atoms with Crippen LogP contribution >= 0.6 is 0 Å². The quantitative estimate of drug-likeness (QED) is 0.430. The molecule has 3 aromatic heterocycles. The van der Waals surface area contributed by atoms with Gasteiger partial charge in [-0.2, -0.15) is 5.10 Å². The predicted molar refractivity (Wildman–Crippen MR) is 127 cm³/mol. The summed E-state index contributed by atoms with van der Waals surface area (Å²) >= 11 is 0. The molecule has 0 atom stereocenters. The minimum Gasteiger partial charge on any atom is -0.378 e. The Kier molecular flexibility index (Phi) is 5.37. The molecule has 1 aromatic carbocycles. The zero-order chi connectivity index (χ0) is 22.0. The number of benzene rings is 1. The van der Waals surface area contributed by atoms with E-state index in [0.717, 1.165) is 67.1 Å². The van der Waals surface area contributed by atoms with Crippen LogP contribution in [0.25, 0.3) is 22.4 Å². The number of aromatic nitrogens is 6. The number of fused-ring (bicyclic) bond motifs is 1. The lowest BCUT2D eigenvalue weighted by Gasteiger charge is -2.28. The molecule has 3 N–H and O–H groups in total. The minimum atomic E-state index is 0.351. The van der Waals surface area contributed by atoms with Crippen LogP contribution in [0, 0.1) is 0 Å². The summed E-state index contributed by atoms with van der Waals surface area (Å²) in [7, 11) is 0. The second-order valence-electron chi connectivity index (χ2n) is 8.42. The number of hydrogen-bond donors (Lipinski definition) is 3. The van der Waals surface area contributed by atoms with Gasteiger partial charge in [0.2, 0.25) is 5.95 Å². The highest BCUT2D eigenvalue weighted by molar-refractivity contribution is 5.89. The smallest absolute Gasteiger partial charge is 0.204 e. The van der Waals surface area contributed by atoms with E-state index in [4.69, 9.17) is 19.8 Å². The highest BCUT2D eigenvalue weighted by Crippen LogP contribution is 2.31. The lowest BCUT2D eigenvalue weighted by Crippen LogP contribution is -2.37. The molecule has 2 aliphatic rings. The van der Waals surface area contributed by atoms with Crippen LogP contribution in [-0.2, 0) is 4.74 Å². The van der Waals surface area contributed by atoms with E-state index in [1.165, 1.54) is 0 Å². The highest BCUT2D eigenvalue weighted by Gasteiger charge is 2.24. The molecule has 0 unspecified atom stereocenters. The van der Waals surface area contributed by atoms with Crippen LogP contribution in [0.1, 0.15) is 18.9 Å². The van der Waals surface area contributed by atoms with E-state index in [-0.39, 0.29) is 0 Å². The van der Waals surface area contributed by atoms with Gasteiger partial charge in [-0.25, -0.2) is 19.6 Å². The number of nitrogens with one attached hydrogen (secondary N) is 3. The summed E-state index contributed by atoms with van der Waals surface area (Å²) in [6.45, 7) is 5.05. The van der Waals surface area contributed by atoms with Gasteiger partial charge >= 0.3 is 0 Å². The van der Waals surface area contributed by atoms with E-state index in [1.807, 2.05) is 30.5 Å². The molecule has 170 valence electrons. The molecule has 33 heavy (non-hydrogen) atoms. The first-order valence-corrected chi connectivity index (χ1v) is 11.5. The Balaban J connectivity index is 1.40. The van der Waals surface area contributed by atoms with E-state index < -0.39 is 0 Å². The normalized spacial score (nSPS) is 17.5. The van der Waals surface area contributed by atoms with Gasteiger partial charge in [0.25, 0.3) is 0 Å². The molecule has 2 aliphatic heterocycles. The Morgan fingerprint density at radius 2 is 1.85 bits per heavy atom. The molecule has 0 bridgehead atoms. The number of ether oxygens (including phenoxy) is 1. The van der Waals surface area contributed by atoms with Crippen LogP contribution in [0.5, 0.6) is 0 Å². The van der Waals surface area contributed by atoms with E-state index in [9.17, 15) is 0 Å². The lowest BCUT2D eigenvalue weighted by atomic mass is 10.1. The van der Waals surface area contributed by atoms with Crippen LogP contribution in [0.3, 0.4) is 0 Å². The second kappa shape index (κ2) is 8.80. The van der Waals surface area contributed by atoms with Crippen LogP contribution in [-0.4, -0.2) is 69.1 Å². The van der Waals surface area contributed by atoms with Crippen molar-refractivity contribution in [1.82, 2.24) is 35.0 Å². The van der Waals surface area contributed by atoms with Gasteiger partial charge < -0.3 is 25.3 Å². The van der Waals surface area contributed by atoms with Crippen LogP contribution in [0.2, 0.25) is 0 Å². The molecular weight excluding hydrogens is 418 g/mol. The van der Waals surface area contributed by atoms with Crippen molar-refractivity contribution in [1.29, 1.82) is 0 Å². The number of imidazole rings is 1. The number of morpholine rings is 1. The molecular formula is C23H27N9O. The number of nitrogens with zero attached hydrogens (tertiary/aromatic N) is 6. The third kappa shape index (κ3) is 4.03. The average Bonchev–Trinajstić information content (AvgIpc) is 3.55. The monoisotopic (exact) mass is 445 g/mol. The fourth-order valence-electron chi connectivity index (χ4n) is 4.55. The number of piperidine rings is 1. The molecule has 10 heteroatoms. The van der Waals surface area contributed by atoms with Crippen LogP contribution < -0.4 is 15.5 Å². The molecule has 4 aromatic rings. The summed E-state index contributed by atoms with van der Waals surface area (Å²) in [6.07, 6.45) is 7.55. The first kappa shape index (κ1) is 20.1. The third-order valence-electron chi connectivity index (χ3n) is 6.30. The molecule has 0 aliphatic carbocycles. The second-order valence-corrected chi connectivity index (χ2v) is 8.42. The van der Waals surface area contributed by atoms with Gasteiger partial charge in [0.15, 0.2) is 11.5 Å². The Bertz CT molecular complexity index is 1210. The van der Waals surface area contributed by atoms with Crippen molar-refractivity contribution in [3.05, 3.63) is 42.9 Å². The molecule has 0 spiro atoms. The van der Waals surface area contributed by atoms with Crippen molar-refractivity contribution in [3.8, 4) is 11.4 Å². The number of H-pyrrole nitrogens is 1. The van der Waals surface area contributed by atoms with Crippen molar-refractivity contribution in [3.63, 3.8) is 0 Å². The summed E-state index contributed by atoms with van der Waals surface area (Å²) in [4.78, 5) is 19.6. The van der Waals surface area contributed by atoms with E-state index in [1.54, 1.807) is 12.4 Å². The van der Waals surface area contributed by atoms with Crippen LogP contribution in [0.4, 0.5) is 17.5 Å². The Morgan fingerprint density at radius 1 is 1.03 bits per heavy atom. The van der Waals surface area contributed by atoms with Crippen molar-refractivity contribution in [2.45, 2.75) is 18.9 Å². The molecule has 2 fully saturated rings. The fourth-order valence-corrected chi connectivity index (χ4v) is 4.55. The molecule has 5 heterocycles. The Hall–Kier alpha value is -3.50. The van der Waals surface area contributed by atoms with Gasteiger partial charge in [0.1, 0.15) is 5.82 Å². The molecule has 0 amide bonds. The summed E-state index contributed by atoms with van der Waals surface area (Å²) in [5, 5.41) is 12.5. The maximum absolute atomic E-state index is 5.58. The van der Waals surface area contributed by atoms with E-state index in [0.29, 0.717) is 31.0 Å². The summed E-state index contributed by atoms with van der Waals surface area (Å²) in [5.41, 5.74) is 2.82. The van der Waals surface area contributed by atoms with Gasteiger partial charge in [-0.1, -0.05) is 0 Å². The Labute approximate surface area is 191 Å². The zero-order valence-electron chi connectivity index (χ0n) is 18.4. The zero-order valence-corrected chi connectivity index (χ0v) is 18.4. The summed E-state index contributed by atoms with van der Waals surface area (Å²) < 4.78 is 7.69. The maximum atomic E-state index is 5.58. The summed E-state index contributed by atoms with van der Waals surface area (Å²) in [6, 6.07) is 8.47. The minimum absolute atomic E-state index is 0.351. The predicted octanol–water partition coefficient (Wildman–Crippen LogP) is 2.72. The summed E-state index contributed by atoms with van der Waals surface area (Å²) in [5.74, 6) is 2.36. The first-order valence-electron chi connectivity index (χ1n) is 11.5. The van der Waals surface area contributed by atoms with Crippen molar-refractivity contribution in [2.75, 3.05) is 49.6 Å². The van der Waals surface area contributed by atoms with Gasteiger partial charge in [-0.05, 0) is 50.2 Å². The van der Waals surface area contributed by atoms with Crippen molar-refractivity contribution in [2.24, 2.45) is 0 Å². The van der Waals surface area contributed by atoms with Crippen molar-refractivity contribution < 1.29 is 4.74 Å². The lowest BCUT2D eigenvalue weighted by molar-refractivity contribution is 0.122. The number of rotatable bonds is 5.